The van der Waals surface area contributed by atoms with Crippen LogP contribution in [0.4, 0.5) is 0 Å². The Kier molecular flexibility index (Phi) is 16.6. The van der Waals surface area contributed by atoms with E-state index in [1.165, 1.54) is 5.57 Å². The summed E-state index contributed by atoms with van der Waals surface area (Å²) in [5.74, 6) is -0.326. The predicted octanol–water partition coefficient (Wildman–Crippen LogP) is 8.77. The van der Waals surface area contributed by atoms with E-state index >= 15 is 0 Å². The van der Waals surface area contributed by atoms with Crippen LogP contribution in [0.15, 0.2) is 22.3 Å². The molecule has 1 saturated heterocycles. The van der Waals surface area contributed by atoms with Gasteiger partial charge in [0.1, 0.15) is 12.2 Å². The average Bonchev–Trinajstić information content (AvgIpc) is 4.03. The summed E-state index contributed by atoms with van der Waals surface area (Å²) in [5, 5.41) is 22.2. The summed E-state index contributed by atoms with van der Waals surface area (Å²) in [4.78, 5) is 0. The minimum atomic E-state index is -4.93. The highest BCUT2D eigenvalue weighted by Crippen LogP contribution is 2.69. The molecule has 21 atom stereocenters. The molecule has 0 radical (unpaired) electrons. The molecule has 5 saturated carbocycles. The molecule has 0 aromatic heterocycles. The van der Waals surface area contributed by atoms with Crippen molar-refractivity contribution >= 4 is 41.6 Å². The summed E-state index contributed by atoms with van der Waals surface area (Å²) in [6, 6.07) is 0. The molecule has 6 fully saturated rings. The van der Waals surface area contributed by atoms with Crippen LogP contribution in [0.1, 0.15) is 185 Å². The third-order valence-corrected chi connectivity index (χ3v) is 25.3. The Morgan fingerprint density at radius 1 is 0.570 bits per heavy atom. The van der Waals surface area contributed by atoms with Crippen LogP contribution in [0, 0.1) is 74.9 Å². The molecule has 20 nitrogen and oxygen atoms in total. The van der Waals surface area contributed by atoms with Crippen molar-refractivity contribution in [3.8, 4) is 0 Å². The summed E-state index contributed by atoms with van der Waals surface area (Å²) >= 11 is 0. The fourth-order valence-electron chi connectivity index (χ4n) is 19.4. The zero-order valence-electron chi connectivity index (χ0n) is 47.9. The monoisotopic (exact) mass is 1200 g/mol. The Bertz CT molecular complexity index is 2870. The highest BCUT2D eigenvalue weighted by atomic mass is 32.3. The predicted molar refractivity (Wildman–Crippen MR) is 289 cm³/mol. The van der Waals surface area contributed by atoms with E-state index in [1.807, 2.05) is 13.8 Å². The van der Waals surface area contributed by atoms with Crippen LogP contribution in [0.3, 0.4) is 0 Å². The zero-order valence-corrected chi connectivity index (χ0v) is 51.1. The fraction of sp³-hybridized carbons (Fsp3) is 0.927. The van der Waals surface area contributed by atoms with Gasteiger partial charge in [-0.05, 0) is 212 Å². The third-order valence-electron chi connectivity index (χ3n) is 23.3. The normalized spacial score (nSPS) is 45.2. The molecule has 0 aromatic rings. The Labute approximate surface area is 470 Å². The van der Waals surface area contributed by atoms with Crippen molar-refractivity contribution in [3.63, 3.8) is 0 Å². The average molecular weight is 1200 g/mol. The van der Waals surface area contributed by atoms with Crippen molar-refractivity contribution in [2.24, 2.45) is 74.9 Å². The van der Waals surface area contributed by atoms with Crippen molar-refractivity contribution in [2.45, 2.75) is 245 Å². The number of hydrogen-bond donors (Lipinski definition) is 6. The third kappa shape index (κ3) is 11.9. The van der Waals surface area contributed by atoms with Crippen LogP contribution in [0.25, 0.3) is 0 Å². The van der Waals surface area contributed by atoms with Gasteiger partial charge < -0.3 is 19.7 Å². The molecule has 0 amide bonds. The van der Waals surface area contributed by atoms with Crippen LogP contribution >= 0.6 is 0 Å². The zero-order chi connectivity index (χ0) is 58.4. The Hall–Kier alpha value is -1.20. The van der Waals surface area contributed by atoms with Crippen molar-refractivity contribution < 1.29 is 88.3 Å². The minimum absolute atomic E-state index is 0.00470. The molecule has 24 heteroatoms. The van der Waals surface area contributed by atoms with Crippen LogP contribution in [-0.4, -0.2) is 122 Å². The second-order valence-corrected chi connectivity index (χ2v) is 32.4. The second kappa shape index (κ2) is 21.0. The maximum absolute atomic E-state index is 12.4. The SMILES string of the molecule is C[C@H](CCC1OC([C@@H](C)[C@H]2CC[C@H]3C4=C(CC[C@]23C)[C@@]2(C)C[C@H](OS(=O)(=O)O)[C@H](O)CC2[C@@H](OS(=O)(=O)O)C4)C[C@H](C)C(C)(C)OC1(C)C)[C@H]1CCC2=C3C[C@H](OS(=O)(=O)O)C4C[C@@H](O)[C@@H](OS(=O)(=O)O)C[C@]4(C)[C@H]3CC[C@@]21C. The number of aliphatic hydroxyl groups is 2. The van der Waals surface area contributed by atoms with Crippen molar-refractivity contribution in [1.82, 2.24) is 0 Å². The van der Waals surface area contributed by atoms with E-state index in [0.717, 1.165) is 80.9 Å². The topological polar surface area (TPSA) is 313 Å². The lowest BCUT2D eigenvalue weighted by Gasteiger charge is -2.59. The van der Waals surface area contributed by atoms with E-state index in [-0.39, 0.29) is 103 Å². The lowest BCUT2D eigenvalue weighted by atomic mass is 9.47. The molecule has 4 unspecified atom stereocenters. The minimum Gasteiger partial charge on any atom is -0.390 e. The van der Waals surface area contributed by atoms with Gasteiger partial charge in [-0.25, -0.2) is 16.7 Å². The molecule has 79 heavy (non-hydrogen) atoms. The van der Waals surface area contributed by atoms with Crippen molar-refractivity contribution in [1.29, 1.82) is 0 Å². The van der Waals surface area contributed by atoms with Gasteiger partial charge in [-0.15, -0.1) is 0 Å². The van der Waals surface area contributed by atoms with Gasteiger partial charge in [0.2, 0.25) is 0 Å². The molecule has 0 aromatic carbocycles. The van der Waals surface area contributed by atoms with E-state index in [4.69, 9.17) is 26.2 Å². The van der Waals surface area contributed by atoms with Gasteiger partial charge >= 0.3 is 41.6 Å². The fourth-order valence-corrected chi connectivity index (χ4v) is 21.5. The molecule has 0 bridgehead atoms. The number of fused-ring (bicyclic) bond motifs is 8. The van der Waals surface area contributed by atoms with Crippen LogP contribution in [0.5, 0.6) is 0 Å². The van der Waals surface area contributed by atoms with Gasteiger partial charge in [0.25, 0.3) is 0 Å². The number of hydrogen-bond acceptors (Lipinski definition) is 16. The van der Waals surface area contributed by atoms with Gasteiger partial charge in [-0.3, -0.25) is 18.2 Å². The van der Waals surface area contributed by atoms with Gasteiger partial charge in [0, 0.05) is 0 Å². The van der Waals surface area contributed by atoms with Gasteiger partial charge in [-0.1, -0.05) is 70.8 Å². The van der Waals surface area contributed by atoms with Crippen molar-refractivity contribution in [2.75, 3.05) is 0 Å². The largest absolute Gasteiger partial charge is 0.397 e. The van der Waals surface area contributed by atoms with Crippen molar-refractivity contribution in [3.05, 3.63) is 22.3 Å². The van der Waals surface area contributed by atoms with E-state index < -0.39 is 112 Å². The molecule has 9 aliphatic rings. The maximum atomic E-state index is 12.4. The van der Waals surface area contributed by atoms with E-state index in [0.29, 0.717) is 6.42 Å². The molecule has 6 N–H and O–H groups in total. The Balaban J connectivity index is 0.957. The molecule has 0 spiro atoms. The van der Waals surface area contributed by atoms with E-state index in [2.05, 4.69) is 62.3 Å². The summed E-state index contributed by atoms with van der Waals surface area (Å²) in [6.45, 7) is 23.9. The standard InChI is InChI=1S/C55H90O20S4/c1-29(34-13-15-36-32-23-45(71-76(58,59)60)40-25-42(56)47(73-78(64,65)66)27-54(40,10)38(32)18-20-52(34,36)8)12-17-49-51(6,7)75-50(4,5)30(2)22-44(70-49)31(3)35-14-16-37-33-24-46(72-77(61,62)63)41-26-43(57)48(74-79(67,68)69)28-55(41,11)39(33)19-21-53(35,37)9/h29-31,34-35,37-38,40-49,56-57H,12-28H2,1-11H3,(H,58,59,60)(H,61,62,63)(H,64,65,66)(H,67,68,69)/t29-,30+,31+,34-,35-,37+,38+,40?,41?,42-,43-,44?,45+,46+,47+,48+,49?,52-,53-,54-,55-/m1/s1. The first kappa shape index (κ1) is 62.3. The first-order valence-corrected chi connectivity index (χ1v) is 34.3. The van der Waals surface area contributed by atoms with Gasteiger partial charge in [0.15, 0.2) is 0 Å². The molecular formula is C55H90O20S4. The molecule has 8 aliphatic carbocycles. The molecule has 1 heterocycles. The molecule has 9 rings (SSSR count). The highest BCUT2D eigenvalue weighted by Gasteiger charge is 2.63. The first-order chi connectivity index (χ1) is 36.1. The lowest BCUT2D eigenvalue weighted by Crippen LogP contribution is -2.58. The Morgan fingerprint density at radius 2 is 1.08 bits per heavy atom. The summed E-state index contributed by atoms with van der Waals surface area (Å²) < 4.78 is 172. The first-order valence-electron chi connectivity index (χ1n) is 28.9. The molecular weight excluding hydrogens is 1110 g/mol. The van der Waals surface area contributed by atoms with E-state index in [9.17, 15) is 62.1 Å². The second-order valence-electron chi connectivity index (χ2n) is 28.2. The number of aliphatic hydroxyl groups excluding tert-OH is 2. The van der Waals surface area contributed by atoms with Crippen LogP contribution in [-0.2, 0) is 67.8 Å². The molecule has 454 valence electrons. The quantitative estimate of drug-likeness (QED) is 0.0699. The lowest BCUT2D eigenvalue weighted by molar-refractivity contribution is -0.245. The summed E-state index contributed by atoms with van der Waals surface area (Å²) in [7, 11) is -19.7. The number of ether oxygens (including phenoxy) is 2. The Morgan fingerprint density at radius 3 is 1.65 bits per heavy atom. The van der Waals surface area contributed by atoms with Gasteiger partial charge in [0.05, 0.1) is 47.8 Å². The summed E-state index contributed by atoms with van der Waals surface area (Å²) in [6.07, 6.45) is 1.47. The van der Waals surface area contributed by atoms with Crippen LogP contribution < -0.4 is 0 Å². The smallest absolute Gasteiger partial charge is 0.390 e. The number of rotatable bonds is 14. The highest BCUT2D eigenvalue weighted by molar-refractivity contribution is 7.81. The van der Waals surface area contributed by atoms with Gasteiger partial charge in [-0.2, -0.15) is 33.7 Å². The summed E-state index contributed by atoms with van der Waals surface area (Å²) in [5.41, 5.74) is 1.13. The van der Waals surface area contributed by atoms with E-state index in [1.54, 1.807) is 0 Å². The number of allylic oxidation sites excluding steroid dienone is 2. The van der Waals surface area contributed by atoms with Crippen LogP contribution in [0.2, 0.25) is 0 Å². The maximum Gasteiger partial charge on any atom is 0.397 e. The molecule has 1 aliphatic heterocycles.